The number of anilines is 1. The number of hydrogen-bond acceptors (Lipinski definition) is 4. The van der Waals surface area contributed by atoms with Crippen LogP contribution in [-0.2, 0) is 28.6 Å². The summed E-state index contributed by atoms with van der Waals surface area (Å²) in [4.78, 5) is 29.7. The second-order valence-corrected chi connectivity index (χ2v) is 9.37. The van der Waals surface area contributed by atoms with Crippen molar-refractivity contribution in [3.8, 4) is 0 Å². The Morgan fingerprint density at radius 2 is 1.70 bits per heavy atom. The molecule has 0 bridgehead atoms. The molecular weight excluding hydrogens is 451 g/mol. The van der Waals surface area contributed by atoms with Gasteiger partial charge >= 0.3 is 6.18 Å². The van der Waals surface area contributed by atoms with E-state index < -0.39 is 17.6 Å². The van der Waals surface area contributed by atoms with E-state index in [1.165, 1.54) is 35.7 Å². The first kappa shape index (κ1) is 23.6. The van der Waals surface area contributed by atoms with Crippen molar-refractivity contribution in [2.45, 2.75) is 30.3 Å². The summed E-state index contributed by atoms with van der Waals surface area (Å²) in [5.74, 6) is -0.0737. The van der Waals surface area contributed by atoms with E-state index in [4.69, 9.17) is 0 Å². The average Bonchev–Trinajstić information content (AvgIpc) is 3.25. The third kappa shape index (κ3) is 6.09. The summed E-state index contributed by atoms with van der Waals surface area (Å²) in [6, 6.07) is 11.4. The predicted molar refractivity (Wildman–Crippen MR) is 122 cm³/mol. The topological polar surface area (TPSA) is 52.7 Å². The number of hydrogen-bond donors (Lipinski definition) is 1. The van der Waals surface area contributed by atoms with Crippen LogP contribution in [0.3, 0.4) is 0 Å². The highest BCUT2D eigenvalue weighted by molar-refractivity contribution is 8.00. The zero-order valence-corrected chi connectivity index (χ0v) is 19.0. The Labute approximate surface area is 195 Å². The molecule has 9 heteroatoms. The van der Waals surface area contributed by atoms with E-state index in [1.807, 2.05) is 4.90 Å². The molecule has 0 spiro atoms. The maximum Gasteiger partial charge on any atom is 0.418 e. The van der Waals surface area contributed by atoms with Crippen molar-refractivity contribution < 1.29 is 22.8 Å². The Kier molecular flexibility index (Phi) is 7.29. The smallest absolute Gasteiger partial charge is 0.339 e. The molecule has 2 aromatic rings. The van der Waals surface area contributed by atoms with Crippen LogP contribution in [0.2, 0.25) is 0 Å². The molecule has 176 valence electrons. The maximum absolute atomic E-state index is 13.1. The summed E-state index contributed by atoms with van der Waals surface area (Å²) < 4.78 is 39.3. The number of carbonyl (C=O) groups excluding carboxylic acids is 2. The van der Waals surface area contributed by atoms with E-state index in [-0.39, 0.29) is 18.1 Å². The first-order valence-electron chi connectivity index (χ1n) is 11.0. The van der Waals surface area contributed by atoms with Crippen LogP contribution in [0.1, 0.15) is 23.1 Å². The van der Waals surface area contributed by atoms with Crippen LogP contribution in [0.25, 0.3) is 0 Å². The van der Waals surface area contributed by atoms with Gasteiger partial charge in [-0.3, -0.25) is 14.5 Å². The molecule has 1 saturated heterocycles. The first-order chi connectivity index (χ1) is 15.8. The zero-order chi connectivity index (χ0) is 23.4. The summed E-state index contributed by atoms with van der Waals surface area (Å²) in [5, 5.41) is 2.37. The minimum absolute atomic E-state index is 0.0158. The van der Waals surface area contributed by atoms with Gasteiger partial charge in [0.1, 0.15) is 0 Å². The van der Waals surface area contributed by atoms with Crippen LogP contribution in [0, 0.1) is 0 Å². The lowest BCUT2D eigenvalue weighted by atomic mass is 10.1. The number of halogens is 3. The van der Waals surface area contributed by atoms with Gasteiger partial charge in [0.25, 0.3) is 0 Å². The molecule has 1 fully saturated rings. The van der Waals surface area contributed by atoms with E-state index in [0.717, 1.165) is 23.8 Å². The number of alkyl halides is 3. The van der Waals surface area contributed by atoms with Gasteiger partial charge in [0.05, 0.1) is 23.5 Å². The average molecular weight is 478 g/mol. The van der Waals surface area contributed by atoms with E-state index in [0.29, 0.717) is 31.9 Å². The van der Waals surface area contributed by atoms with Crippen LogP contribution in [-0.4, -0.2) is 60.1 Å². The predicted octanol–water partition coefficient (Wildman–Crippen LogP) is 4.07. The summed E-state index contributed by atoms with van der Waals surface area (Å²) >= 11 is 1.54. The maximum atomic E-state index is 13.1. The Bertz CT molecular complexity index is 1020. The van der Waals surface area contributed by atoms with Gasteiger partial charge in [0.15, 0.2) is 0 Å². The second-order valence-electron chi connectivity index (χ2n) is 8.32. The Morgan fingerprint density at radius 1 is 0.970 bits per heavy atom. The van der Waals surface area contributed by atoms with Crippen LogP contribution in [0.15, 0.2) is 47.4 Å². The molecule has 0 aromatic heterocycles. The molecule has 0 saturated carbocycles. The van der Waals surface area contributed by atoms with Crippen LogP contribution in [0.5, 0.6) is 0 Å². The molecule has 1 aliphatic carbocycles. The van der Waals surface area contributed by atoms with E-state index in [2.05, 4.69) is 23.5 Å². The molecule has 0 radical (unpaired) electrons. The van der Waals surface area contributed by atoms with Crippen molar-refractivity contribution in [3.05, 3.63) is 59.2 Å². The van der Waals surface area contributed by atoms with Gasteiger partial charge in [0, 0.05) is 31.1 Å². The van der Waals surface area contributed by atoms with Gasteiger partial charge in [-0.05, 0) is 54.7 Å². The minimum atomic E-state index is -4.53. The minimum Gasteiger partial charge on any atom is -0.339 e. The summed E-state index contributed by atoms with van der Waals surface area (Å²) in [7, 11) is 0. The number of para-hydroxylation sites is 1. The molecular formula is C24H26F3N3O2S. The largest absolute Gasteiger partial charge is 0.418 e. The van der Waals surface area contributed by atoms with Gasteiger partial charge < -0.3 is 10.2 Å². The van der Waals surface area contributed by atoms with Crippen molar-refractivity contribution in [3.63, 3.8) is 0 Å². The Balaban J connectivity index is 1.22. The second kappa shape index (κ2) is 10.2. The summed E-state index contributed by atoms with van der Waals surface area (Å²) in [5.41, 5.74) is 1.69. The van der Waals surface area contributed by atoms with Crippen molar-refractivity contribution in [2.75, 3.05) is 43.8 Å². The molecule has 4 rings (SSSR count). The van der Waals surface area contributed by atoms with Gasteiger partial charge in [-0.25, -0.2) is 0 Å². The number of thioether (sulfide) groups is 1. The lowest BCUT2D eigenvalue weighted by Crippen LogP contribution is -2.50. The summed E-state index contributed by atoms with van der Waals surface area (Å²) in [6.45, 7) is 1.98. The fourth-order valence-corrected chi connectivity index (χ4v) is 5.12. The number of nitrogens with zero attached hydrogens (tertiary/aromatic N) is 2. The van der Waals surface area contributed by atoms with Crippen molar-refractivity contribution in [1.29, 1.82) is 0 Å². The van der Waals surface area contributed by atoms with Crippen LogP contribution in [0.4, 0.5) is 18.9 Å². The van der Waals surface area contributed by atoms with Gasteiger partial charge in [0.2, 0.25) is 11.8 Å². The van der Waals surface area contributed by atoms with Gasteiger partial charge in [-0.15, -0.1) is 11.8 Å². The number of amides is 2. The van der Waals surface area contributed by atoms with Gasteiger partial charge in [-0.2, -0.15) is 13.2 Å². The molecule has 5 nitrogen and oxygen atoms in total. The molecule has 1 heterocycles. The van der Waals surface area contributed by atoms with E-state index in [1.54, 1.807) is 16.7 Å². The normalized spacial score (nSPS) is 16.5. The monoisotopic (exact) mass is 477 g/mol. The highest BCUT2D eigenvalue weighted by Crippen LogP contribution is 2.34. The molecule has 1 aliphatic heterocycles. The number of aryl methyl sites for hydroxylation is 2. The van der Waals surface area contributed by atoms with Gasteiger partial charge in [-0.1, -0.05) is 18.2 Å². The van der Waals surface area contributed by atoms with Crippen LogP contribution >= 0.6 is 11.8 Å². The van der Waals surface area contributed by atoms with Crippen molar-refractivity contribution >= 4 is 29.3 Å². The molecule has 2 amide bonds. The first-order valence-corrected chi connectivity index (χ1v) is 12.0. The summed E-state index contributed by atoms with van der Waals surface area (Å²) in [6.07, 6.45) is -1.10. The lowest BCUT2D eigenvalue weighted by Gasteiger charge is -2.34. The molecule has 0 atom stereocenters. The van der Waals surface area contributed by atoms with Crippen molar-refractivity contribution in [1.82, 2.24) is 9.80 Å². The highest BCUT2D eigenvalue weighted by Gasteiger charge is 2.33. The number of benzene rings is 2. The lowest BCUT2D eigenvalue weighted by molar-refractivity contribution is -0.137. The SMILES string of the molecule is O=C(CN1CCN(C(=O)CSc2ccc3c(c2)CCC3)CC1)Nc1ccccc1C(F)(F)F. The molecule has 0 unspecified atom stereocenters. The van der Waals surface area contributed by atoms with E-state index >= 15 is 0 Å². The Hall–Kier alpha value is -2.52. The van der Waals surface area contributed by atoms with Crippen LogP contribution < -0.4 is 5.32 Å². The number of rotatable bonds is 6. The molecule has 2 aliphatic rings. The number of piperazine rings is 1. The number of nitrogens with one attached hydrogen (secondary N) is 1. The molecule has 2 aromatic carbocycles. The highest BCUT2D eigenvalue weighted by atomic mass is 32.2. The third-order valence-electron chi connectivity index (χ3n) is 6.03. The van der Waals surface area contributed by atoms with Crippen molar-refractivity contribution in [2.24, 2.45) is 0 Å². The zero-order valence-electron chi connectivity index (χ0n) is 18.2. The number of carbonyl (C=O) groups is 2. The fourth-order valence-electron chi connectivity index (χ4n) is 4.26. The standard InChI is InChI=1S/C24H26F3N3O2S/c25-24(26,27)20-6-1-2-7-21(20)28-22(31)15-29-10-12-30(13-11-29)23(32)16-33-19-9-8-17-4-3-5-18(17)14-19/h1-2,6-9,14H,3-5,10-13,15-16H2,(H,28,31). The molecule has 1 N–H and O–H groups in total. The Morgan fingerprint density at radius 3 is 2.45 bits per heavy atom. The fraction of sp³-hybridized carbons (Fsp3) is 0.417. The molecule has 33 heavy (non-hydrogen) atoms. The quantitative estimate of drug-likeness (QED) is 0.638. The number of fused-ring (bicyclic) bond motifs is 1. The van der Waals surface area contributed by atoms with E-state index in [9.17, 15) is 22.8 Å². The third-order valence-corrected chi connectivity index (χ3v) is 7.01.